The maximum absolute atomic E-state index is 14.1. The number of carbonyl (C=O) groups excluding carboxylic acids is 2. The normalized spacial score (nSPS) is 19.2. The quantitative estimate of drug-likeness (QED) is 0.380. The average Bonchev–Trinajstić information content (AvgIpc) is 3.61. The molecule has 1 aliphatic carbocycles. The molecule has 0 saturated heterocycles. The number of fused-ring (bicyclic) bond motifs is 1. The maximum atomic E-state index is 14.1. The standard InChI is InChI=1S/C29H24N2O5/c1-34-20-12-10-18(11-13-20)29(33)31-23-7-3-2-6-21(23)30-22-16-19(25-8-4-14-35-25)17-24(32)27(22)28(31)26-9-5-15-36-26/h2-15,19,28,30H,16-17H2,1H3/t19-,28-/m1/s1. The molecule has 180 valence electrons. The molecule has 0 bridgehead atoms. The average molecular weight is 481 g/mol. The zero-order chi connectivity index (χ0) is 24.6. The molecule has 6 rings (SSSR count). The molecule has 2 aromatic carbocycles. The van der Waals surface area contributed by atoms with Crippen LogP contribution in [0.4, 0.5) is 11.4 Å². The van der Waals surface area contributed by atoms with Crippen LogP contribution in [0, 0.1) is 0 Å². The number of methoxy groups -OCH3 is 1. The van der Waals surface area contributed by atoms with Gasteiger partial charge >= 0.3 is 0 Å². The number of allylic oxidation sites excluding steroid dienone is 1. The van der Waals surface area contributed by atoms with Crippen LogP contribution in [0.2, 0.25) is 0 Å². The summed E-state index contributed by atoms with van der Waals surface area (Å²) in [5.74, 6) is 1.56. The summed E-state index contributed by atoms with van der Waals surface area (Å²) < 4.78 is 16.8. The zero-order valence-electron chi connectivity index (χ0n) is 19.6. The lowest BCUT2D eigenvalue weighted by Gasteiger charge is -2.33. The Bertz CT molecular complexity index is 1440. The number of nitrogens with one attached hydrogen (secondary N) is 1. The number of Topliss-reactive ketones (excluding diaryl/α,β-unsaturated/α-hetero) is 1. The molecule has 2 atom stereocenters. The molecular formula is C29H24N2O5. The second kappa shape index (κ2) is 8.92. The topological polar surface area (TPSA) is 84.9 Å². The number of hydrogen-bond donors (Lipinski definition) is 1. The van der Waals surface area contributed by atoms with Crippen molar-refractivity contribution in [2.24, 2.45) is 0 Å². The summed E-state index contributed by atoms with van der Waals surface area (Å²) in [6, 6.07) is 21.1. The highest BCUT2D eigenvalue weighted by Gasteiger charge is 2.43. The molecule has 7 nitrogen and oxygen atoms in total. The number of rotatable bonds is 4. The number of ether oxygens (including phenoxy) is 1. The highest BCUT2D eigenvalue weighted by Crippen LogP contribution is 2.47. The predicted octanol–water partition coefficient (Wildman–Crippen LogP) is 6.10. The van der Waals surface area contributed by atoms with Crippen LogP contribution in [-0.2, 0) is 4.79 Å². The number of furan rings is 2. The van der Waals surface area contributed by atoms with Crippen molar-refractivity contribution in [1.29, 1.82) is 0 Å². The van der Waals surface area contributed by atoms with Crippen molar-refractivity contribution in [2.45, 2.75) is 24.8 Å². The van der Waals surface area contributed by atoms with E-state index in [1.54, 1.807) is 54.9 Å². The Balaban J connectivity index is 1.53. The lowest BCUT2D eigenvalue weighted by atomic mass is 9.81. The number of amides is 1. The Hall–Kier alpha value is -4.52. The second-order valence-electron chi connectivity index (χ2n) is 8.90. The summed E-state index contributed by atoms with van der Waals surface area (Å²) >= 11 is 0. The van der Waals surface area contributed by atoms with Gasteiger partial charge in [-0.25, -0.2) is 0 Å². The monoisotopic (exact) mass is 480 g/mol. The van der Waals surface area contributed by atoms with Gasteiger partial charge in [0.15, 0.2) is 5.78 Å². The minimum Gasteiger partial charge on any atom is -0.497 e. The Morgan fingerprint density at radius 1 is 0.917 bits per heavy atom. The third-order valence-corrected chi connectivity index (χ3v) is 6.80. The van der Waals surface area contributed by atoms with Crippen LogP contribution in [0.5, 0.6) is 5.75 Å². The molecule has 0 spiro atoms. The first-order valence-electron chi connectivity index (χ1n) is 11.8. The molecule has 0 unspecified atom stereocenters. The van der Waals surface area contributed by atoms with Gasteiger partial charge in [-0.05, 0) is 67.1 Å². The smallest absolute Gasteiger partial charge is 0.259 e. The van der Waals surface area contributed by atoms with E-state index in [1.807, 2.05) is 42.5 Å². The molecule has 0 radical (unpaired) electrons. The Kier molecular flexibility index (Phi) is 5.45. The third-order valence-electron chi connectivity index (χ3n) is 6.80. The van der Waals surface area contributed by atoms with Gasteiger partial charge in [-0.3, -0.25) is 14.5 Å². The Morgan fingerprint density at radius 2 is 1.64 bits per heavy atom. The summed E-state index contributed by atoms with van der Waals surface area (Å²) in [5, 5.41) is 3.49. The zero-order valence-corrected chi connectivity index (χ0v) is 19.6. The number of carbonyl (C=O) groups is 2. The van der Waals surface area contributed by atoms with Gasteiger partial charge in [0.25, 0.3) is 5.91 Å². The summed E-state index contributed by atoms with van der Waals surface area (Å²) in [4.78, 5) is 29.6. The van der Waals surface area contributed by atoms with Crippen molar-refractivity contribution in [1.82, 2.24) is 0 Å². The van der Waals surface area contributed by atoms with Gasteiger partial charge < -0.3 is 18.9 Å². The highest BCUT2D eigenvalue weighted by atomic mass is 16.5. The molecule has 1 aliphatic heterocycles. The number of benzene rings is 2. The van der Waals surface area contributed by atoms with E-state index in [1.165, 1.54) is 0 Å². The van der Waals surface area contributed by atoms with Crippen LogP contribution in [0.3, 0.4) is 0 Å². The van der Waals surface area contributed by atoms with Crippen LogP contribution in [0.1, 0.15) is 46.7 Å². The fourth-order valence-electron chi connectivity index (χ4n) is 5.13. The number of ketones is 1. The largest absolute Gasteiger partial charge is 0.497 e. The van der Waals surface area contributed by atoms with Crippen LogP contribution in [0.25, 0.3) is 0 Å². The van der Waals surface area contributed by atoms with Gasteiger partial charge in [0.05, 0.1) is 31.0 Å². The van der Waals surface area contributed by atoms with Crippen molar-refractivity contribution in [3.05, 3.63) is 114 Å². The van der Waals surface area contributed by atoms with Crippen molar-refractivity contribution >= 4 is 23.1 Å². The van der Waals surface area contributed by atoms with Gasteiger partial charge in [-0.1, -0.05) is 12.1 Å². The van der Waals surface area contributed by atoms with E-state index >= 15 is 0 Å². The Morgan fingerprint density at radius 3 is 2.33 bits per heavy atom. The third kappa shape index (κ3) is 3.69. The minimum atomic E-state index is -0.731. The van der Waals surface area contributed by atoms with Crippen LogP contribution < -0.4 is 15.0 Å². The molecule has 36 heavy (non-hydrogen) atoms. The molecule has 0 fully saturated rings. The van der Waals surface area contributed by atoms with E-state index < -0.39 is 6.04 Å². The summed E-state index contributed by atoms with van der Waals surface area (Å²) in [7, 11) is 1.58. The molecule has 1 amide bonds. The molecule has 7 heteroatoms. The fraction of sp³-hybridized carbons (Fsp3) is 0.172. The molecule has 2 aromatic heterocycles. The highest BCUT2D eigenvalue weighted by molar-refractivity contribution is 6.12. The predicted molar refractivity (Wildman–Crippen MR) is 134 cm³/mol. The summed E-state index contributed by atoms with van der Waals surface area (Å²) in [6.45, 7) is 0. The van der Waals surface area contributed by atoms with Gasteiger partial charge in [-0.2, -0.15) is 0 Å². The molecule has 3 heterocycles. The van der Waals surface area contributed by atoms with E-state index in [2.05, 4.69) is 5.32 Å². The lowest BCUT2D eigenvalue weighted by molar-refractivity contribution is -0.116. The summed E-state index contributed by atoms with van der Waals surface area (Å²) in [5.41, 5.74) is 3.19. The van der Waals surface area contributed by atoms with E-state index in [-0.39, 0.29) is 24.0 Å². The number of nitrogens with zero attached hydrogens (tertiary/aromatic N) is 1. The Labute approximate surface area is 208 Å². The second-order valence-corrected chi connectivity index (χ2v) is 8.90. The van der Waals surface area contributed by atoms with E-state index in [9.17, 15) is 9.59 Å². The molecule has 4 aromatic rings. The van der Waals surface area contributed by atoms with Crippen molar-refractivity contribution in [3.8, 4) is 5.75 Å². The van der Waals surface area contributed by atoms with Crippen LogP contribution >= 0.6 is 0 Å². The number of anilines is 2. The maximum Gasteiger partial charge on any atom is 0.259 e. The first-order chi connectivity index (χ1) is 17.6. The minimum absolute atomic E-state index is 0.0492. The van der Waals surface area contributed by atoms with E-state index in [0.717, 1.165) is 17.1 Å². The molecule has 0 saturated carbocycles. The molecule has 2 aliphatic rings. The van der Waals surface area contributed by atoms with Crippen LogP contribution in [-0.4, -0.2) is 18.8 Å². The molecular weight excluding hydrogens is 456 g/mol. The van der Waals surface area contributed by atoms with Gasteiger partial charge in [-0.15, -0.1) is 0 Å². The van der Waals surface area contributed by atoms with Crippen molar-refractivity contribution in [3.63, 3.8) is 0 Å². The SMILES string of the molecule is COc1ccc(C(=O)N2c3ccccc3NC3=C(C(=O)C[C@H](c4ccco4)C3)[C@H]2c2ccco2)cc1. The summed E-state index contributed by atoms with van der Waals surface area (Å²) in [6.07, 6.45) is 4.05. The van der Waals surface area contributed by atoms with E-state index in [4.69, 9.17) is 13.6 Å². The van der Waals surface area contributed by atoms with Gasteiger partial charge in [0, 0.05) is 29.2 Å². The van der Waals surface area contributed by atoms with Gasteiger partial charge in [0.2, 0.25) is 0 Å². The van der Waals surface area contributed by atoms with Crippen molar-refractivity contribution in [2.75, 3.05) is 17.3 Å². The molecule has 1 N–H and O–H groups in total. The van der Waals surface area contributed by atoms with Gasteiger partial charge in [0.1, 0.15) is 23.3 Å². The first-order valence-corrected chi connectivity index (χ1v) is 11.8. The lowest BCUT2D eigenvalue weighted by Crippen LogP contribution is -2.38. The number of hydrogen-bond acceptors (Lipinski definition) is 6. The van der Waals surface area contributed by atoms with Crippen molar-refractivity contribution < 1.29 is 23.2 Å². The van der Waals surface area contributed by atoms with Crippen LogP contribution in [0.15, 0.2) is 105 Å². The first kappa shape index (κ1) is 22.0. The fourth-order valence-corrected chi connectivity index (χ4v) is 5.13. The van der Waals surface area contributed by atoms with E-state index in [0.29, 0.717) is 34.8 Å². The number of para-hydroxylation sites is 2.